The lowest BCUT2D eigenvalue weighted by Crippen LogP contribution is -3.00. The zero-order chi connectivity index (χ0) is 16.1. The number of aliphatic hydroxyl groups is 1. The lowest BCUT2D eigenvalue weighted by Gasteiger charge is -2.28. The summed E-state index contributed by atoms with van der Waals surface area (Å²) in [6.45, 7) is 1.89. The van der Waals surface area contributed by atoms with Crippen molar-refractivity contribution >= 4 is 23.2 Å². The molecule has 24 heavy (non-hydrogen) atoms. The Hall–Kier alpha value is -1.66. The molecular formula is C21H22ClOP. The van der Waals surface area contributed by atoms with Crippen molar-refractivity contribution in [2.45, 2.75) is 13.0 Å². The molecule has 0 aliphatic heterocycles. The van der Waals surface area contributed by atoms with E-state index in [0.717, 1.165) is 6.16 Å². The molecule has 0 aromatic heterocycles. The van der Waals surface area contributed by atoms with E-state index in [1.54, 1.807) is 0 Å². The van der Waals surface area contributed by atoms with Gasteiger partial charge in [-0.3, -0.25) is 0 Å². The zero-order valence-electron chi connectivity index (χ0n) is 13.7. The van der Waals surface area contributed by atoms with Gasteiger partial charge in [0.05, 0.1) is 12.3 Å². The summed E-state index contributed by atoms with van der Waals surface area (Å²) in [4.78, 5) is 0. The lowest BCUT2D eigenvalue weighted by molar-refractivity contribution is -0.00000676. The number of aliphatic hydroxyl groups excluding tert-OH is 1. The number of halogens is 1. The molecule has 0 aliphatic carbocycles. The monoisotopic (exact) mass is 356 g/mol. The fourth-order valence-corrected chi connectivity index (χ4v) is 7.57. The molecule has 124 valence electrons. The van der Waals surface area contributed by atoms with E-state index in [9.17, 15) is 5.11 Å². The van der Waals surface area contributed by atoms with E-state index >= 15 is 0 Å². The topological polar surface area (TPSA) is 20.2 Å². The fraction of sp³-hybridized carbons (Fsp3) is 0.143. The van der Waals surface area contributed by atoms with E-state index in [4.69, 9.17) is 0 Å². The third kappa shape index (κ3) is 3.70. The average Bonchev–Trinajstić information content (AvgIpc) is 2.62. The van der Waals surface area contributed by atoms with Crippen LogP contribution >= 0.6 is 7.26 Å². The van der Waals surface area contributed by atoms with Gasteiger partial charge in [0.25, 0.3) is 0 Å². The van der Waals surface area contributed by atoms with Crippen LogP contribution in [0.1, 0.15) is 6.92 Å². The van der Waals surface area contributed by atoms with Crippen molar-refractivity contribution in [1.82, 2.24) is 0 Å². The Morgan fingerprint density at radius 3 is 1.21 bits per heavy atom. The van der Waals surface area contributed by atoms with E-state index in [1.165, 1.54) is 15.9 Å². The minimum atomic E-state index is -1.86. The highest BCUT2D eigenvalue weighted by Crippen LogP contribution is 2.55. The van der Waals surface area contributed by atoms with Crippen molar-refractivity contribution in [1.29, 1.82) is 0 Å². The first-order valence-electron chi connectivity index (χ1n) is 7.96. The van der Waals surface area contributed by atoms with Gasteiger partial charge in [0, 0.05) is 0 Å². The lowest BCUT2D eigenvalue weighted by atomic mass is 10.3. The van der Waals surface area contributed by atoms with Gasteiger partial charge in [-0.25, -0.2) is 0 Å². The molecular weight excluding hydrogens is 335 g/mol. The summed E-state index contributed by atoms with van der Waals surface area (Å²) >= 11 is 0. The quantitative estimate of drug-likeness (QED) is 0.655. The molecule has 1 nitrogen and oxygen atoms in total. The molecule has 0 spiro atoms. The molecule has 0 bridgehead atoms. The largest absolute Gasteiger partial charge is 1.00 e. The maximum atomic E-state index is 10.3. The summed E-state index contributed by atoms with van der Waals surface area (Å²) in [5.41, 5.74) is 0. The molecule has 0 saturated heterocycles. The summed E-state index contributed by atoms with van der Waals surface area (Å²) in [5, 5.41) is 14.3. The molecule has 3 aromatic carbocycles. The number of hydrogen-bond acceptors (Lipinski definition) is 1. The summed E-state index contributed by atoms with van der Waals surface area (Å²) in [7, 11) is -1.86. The van der Waals surface area contributed by atoms with Gasteiger partial charge in [0.15, 0.2) is 0 Å². The Balaban J connectivity index is 0.00000208. The Kier molecular flexibility index (Phi) is 6.57. The predicted molar refractivity (Wildman–Crippen MR) is 102 cm³/mol. The third-order valence-corrected chi connectivity index (χ3v) is 8.74. The minimum absolute atomic E-state index is 0. The van der Waals surface area contributed by atoms with Gasteiger partial charge < -0.3 is 17.5 Å². The smallest absolute Gasteiger partial charge is 0.114 e. The van der Waals surface area contributed by atoms with Crippen LogP contribution in [-0.2, 0) is 0 Å². The van der Waals surface area contributed by atoms with Gasteiger partial charge in [-0.1, -0.05) is 54.6 Å². The first-order chi connectivity index (χ1) is 11.2. The highest BCUT2D eigenvalue weighted by atomic mass is 35.5. The maximum absolute atomic E-state index is 10.3. The SMILES string of the molecule is CC(O)C[P+](c1ccccc1)(c1ccccc1)c1ccccc1.[Cl-]. The number of benzene rings is 3. The van der Waals surface area contributed by atoms with E-state index in [1.807, 2.05) is 6.92 Å². The van der Waals surface area contributed by atoms with Crippen molar-refractivity contribution < 1.29 is 17.5 Å². The number of rotatable bonds is 5. The van der Waals surface area contributed by atoms with Crippen LogP contribution < -0.4 is 28.3 Å². The molecule has 3 rings (SSSR count). The second kappa shape index (κ2) is 8.44. The van der Waals surface area contributed by atoms with Crippen molar-refractivity contribution in [3.8, 4) is 0 Å². The normalized spacial score (nSPS) is 12.2. The van der Waals surface area contributed by atoms with E-state index in [-0.39, 0.29) is 18.5 Å². The van der Waals surface area contributed by atoms with Crippen molar-refractivity contribution in [3.63, 3.8) is 0 Å². The molecule has 0 aliphatic rings. The Labute approximate surface area is 151 Å². The third-order valence-electron chi connectivity index (χ3n) is 4.13. The van der Waals surface area contributed by atoms with Crippen LogP contribution in [0.4, 0.5) is 0 Å². The zero-order valence-corrected chi connectivity index (χ0v) is 15.4. The van der Waals surface area contributed by atoms with Crippen LogP contribution in [0.3, 0.4) is 0 Å². The Morgan fingerprint density at radius 1 is 0.667 bits per heavy atom. The fourth-order valence-electron chi connectivity index (χ4n) is 3.21. The molecule has 1 N–H and O–H groups in total. The van der Waals surface area contributed by atoms with Crippen LogP contribution in [-0.4, -0.2) is 17.4 Å². The molecule has 0 radical (unpaired) electrons. The van der Waals surface area contributed by atoms with Crippen LogP contribution in [0.25, 0.3) is 0 Å². The highest BCUT2D eigenvalue weighted by molar-refractivity contribution is 7.95. The number of hydrogen-bond donors (Lipinski definition) is 1. The second-order valence-electron chi connectivity index (χ2n) is 5.85. The summed E-state index contributed by atoms with van der Waals surface area (Å²) in [6.07, 6.45) is 0.398. The van der Waals surface area contributed by atoms with Gasteiger partial charge in [-0.05, 0) is 43.3 Å². The van der Waals surface area contributed by atoms with Crippen molar-refractivity contribution in [3.05, 3.63) is 91.0 Å². The summed E-state index contributed by atoms with van der Waals surface area (Å²) in [6, 6.07) is 32.0. The van der Waals surface area contributed by atoms with E-state index in [2.05, 4.69) is 91.0 Å². The standard InChI is InChI=1S/C21H22OP.ClH/c1-18(22)17-23(19-11-5-2-6-12-19,20-13-7-3-8-14-20)21-15-9-4-10-16-21;/h2-16,18,22H,17H2,1H3;1H/q+1;/p-1. The van der Waals surface area contributed by atoms with E-state index < -0.39 is 7.26 Å². The predicted octanol–water partition coefficient (Wildman–Crippen LogP) is 0.365. The Bertz CT molecular complexity index is 633. The first kappa shape index (κ1) is 18.7. The summed E-state index contributed by atoms with van der Waals surface area (Å²) in [5.74, 6) is 0. The van der Waals surface area contributed by atoms with Crippen molar-refractivity contribution in [2.24, 2.45) is 0 Å². The van der Waals surface area contributed by atoms with Gasteiger partial charge in [0.2, 0.25) is 0 Å². The van der Waals surface area contributed by atoms with Crippen molar-refractivity contribution in [2.75, 3.05) is 6.16 Å². The molecule has 1 unspecified atom stereocenters. The van der Waals surface area contributed by atoms with Gasteiger partial charge >= 0.3 is 0 Å². The van der Waals surface area contributed by atoms with Crippen LogP contribution in [0.5, 0.6) is 0 Å². The molecule has 0 saturated carbocycles. The van der Waals surface area contributed by atoms with E-state index in [0.29, 0.717) is 0 Å². The second-order valence-corrected chi connectivity index (χ2v) is 9.38. The molecule has 1 atom stereocenters. The molecule has 0 fully saturated rings. The Morgan fingerprint density at radius 2 is 0.958 bits per heavy atom. The van der Waals surface area contributed by atoms with Crippen LogP contribution in [0, 0.1) is 0 Å². The maximum Gasteiger partial charge on any atom is 0.114 e. The highest BCUT2D eigenvalue weighted by Gasteiger charge is 2.45. The van der Waals surface area contributed by atoms with Crippen LogP contribution in [0.15, 0.2) is 91.0 Å². The molecule has 0 heterocycles. The summed E-state index contributed by atoms with van der Waals surface area (Å²) < 4.78 is 0. The van der Waals surface area contributed by atoms with Gasteiger partial charge in [0.1, 0.15) is 23.2 Å². The molecule has 3 aromatic rings. The van der Waals surface area contributed by atoms with Gasteiger partial charge in [-0.15, -0.1) is 0 Å². The minimum Gasteiger partial charge on any atom is -1.00 e. The first-order valence-corrected chi connectivity index (χ1v) is 9.94. The average molecular weight is 357 g/mol. The van der Waals surface area contributed by atoms with Crippen LogP contribution in [0.2, 0.25) is 0 Å². The molecule has 3 heteroatoms. The van der Waals surface area contributed by atoms with Gasteiger partial charge in [-0.2, -0.15) is 0 Å². The molecule has 0 amide bonds.